The van der Waals surface area contributed by atoms with Crippen LogP contribution in [0.25, 0.3) is 0 Å². The molecule has 1 aliphatic heterocycles. The molecule has 3 heterocycles. The van der Waals surface area contributed by atoms with Gasteiger partial charge in [-0.05, 0) is 24.8 Å². The van der Waals surface area contributed by atoms with Crippen LogP contribution in [0.1, 0.15) is 22.5 Å². The molecule has 1 atom stereocenters. The van der Waals surface area contributed by atoms with Crippen molar-refractivity contribution < 1.29 is 9.90 Å². The van der Waals surface area contributed by atoms with E-state index in [9.17, 15) is 9.90 Å². The monoisotopic (exact) mass is 332 g/mol. The van der Waals surface area contributed by atoms with E-state index in [1.807, 2.05) is 28.7 Å². The summed E-state index contributed by atoms with van der Waals surface area (Å²) in [4.78, 5) is 24.3. The minimum atomic E-state index is -0.917. The van der Waals surface area contributed by atoms with Crippen LogP contribution in [0.15, 0.2) is 29.2 Å². The molecule has 7 heteroatoms. The van der Waals surface area contributed by atoms with Crippen molar-refractivity contribution in [1.82, 2.24) is 14.9 Å². The van der Waals surface area contributed by atoms with Crippen molar-refractivity contribution in [3.05, 3.63) is 40.5 Å². The van der Waals surface area contributed by atoms with Gasteiger partial charge in [0.15, 0.2) is 0 Å². The van der Waals surface area contributed by atoms with Gasteiger partial charge in [-0.2, -0.15) is 11.3 Å². The molecule has 2 aromatic heterocycles. The molecule has 3 rings (SSSR count). The van der Waals surface area contributed by atoms with Gasteiger partial charge in [0.2, 0.25) is 0 Å². The number of thiophene rings is 1. The standard InChI is InChI=1S/C16H20N4O2S/c1-12-7-14(18-11-17-12)20-5-4-16(22,10-20)9-19(2)15(21)13-3-6-23-8-13/h3,6-8,11,22H,4-5,9-10H2,1-2H3. The first-order valence-corrected chi connectivity index (χ1v) is 8.45. The predicted molar refractivity (Wildman–Crippen MR) is 89.8 cm³/mol. The lowest BCUT2D eigenvalue weighted by Gasteiger charge is -2.29. The van der Waals surface area contributed by atoms with E-state index in [4.69, 9.17) is 0 Å². The molecule has 0 spiro atoms. The third-order valence-electron chi connectivity index (χ3n) is 4.09. The Bertz CT molecular complexity index is 691. The van der Waals surface area contributed by atoms with Crippen LogP contribution < -0.4 is 4.90 Å². The zero-order chi connectivity index (χ0) is 16.4. The van der Waals surface area contributed by atoms with Crippen molar-refractivity contribution in [3.8, 4) is 0 Å². The molecular weight excluding hydrogens is 312 g/mol. The van der Waals surface area contributed by atoms with Gasteiger partial charge in [-0.1, -0.05) is 0 Å². The first-order valence-electron chi connectivity index (χ1n) is 7.50. The first-order chi connectivity index (χ1) is 11.0. The summed E-state index contributed by atoms with van der Waals surface area (Å²) in [7, 11) is 1.73. The van der Waals surface area contributed by atoms with Crippen LogP contribution in [-0.4, -0.2) is 58.2 Å². The van der Waals surface area contributed by atoms with Gasteiger partial charge in [0.25, 0.3) is 5.91 Å². The molecule has 1 N–H and O–H groups in total. The number of hydrogen-bond donors (Lipinski definition) is 1. The minimum Gasteiger partial charge on any atom is -0.386 e. The number of aromatic nitrogens is 2. The molecule has 0 bridgehead atoms. The SMILES string of the molecule is Cc1cc(N2CCC(O)(CN(C)C(=O)c3ccsc3)C2)ncn1. The fraction of sp³-hybridized carbons (Fsp3) is 0.438. The molecule has 1 aliphatic rings. The highest BCUT2D eigenvalue weighted by molar-refractivity contribution is 7.08. The number of carbonyl (C=O) groups excluding carboxylic acids is 1. The van der Waals surface area contributed by atoms with Crippen molar-refractivity contribution in [2.45, 2.75) is 18.9 Å². The van der Waals surface area contributed by atoms with E-state index in [0.717, 1.165) is 11.5 Å². The van der Waals surface area contributed by atoms with E-state index in [2.05, 4.69) is 9.97 Å². The molecule has 23 heavy (non-hydrogen) atoms. The first kappa shape index (κ1) is 15.9. The minimum absolute atomic E-state index is 0.0593. The van der Waals surface area contributed by atoms with Gasteiger partial charge < -0.3 is 14.9 Å². The zero-order valence-electron chi connectivity index (χ0n) is 13.3. The lowest BCUT2D eigenvalue weighted by Crippen LogP contribution is -2.45. The van der Waals surface area contributed by atoms with E-state index >= 15 is 0 Å². The normalized spacial score (nSPS) is 20.7. The summed E-state index contributed by atoms with van der Waals surface area (Å²) in [6.07, 6.45) is 2.14. The van der Waals surface area contributed by atoms with Crippen LogP contribution in [-0.2, 0) is 0 Å². The maximum atomic E-state index is 12.3. The number of rotatable bonds is 4. The van der Waals surface area contributed by atoms with Crippen molar-refractivity contribution in [3.63, 3.8) is 0 Å². The number of aryl methyl sites for hydroxylation is 1. The Labute approximate surface area is 139 Å². The predicted octanol–water partition coefficient (Wildman–Crippen LogP) is 1.56. The lowest BCUT2D eigenvalue weighted by atomic mass is 10.0. The molecule has 122 valence electrons. The second kappa shape index (κ2) is 6.25. The highest BCUT2D eigenvalue weighted by atomic mass is 32.1. The van der Waals surface area contributed by atoms with Gasteiger partial charge in [0.1, 0.15) is 17.7 Å². The van der Waals surface area contributed by atoms with E-state index in [0.29, 0.717) is 31.6 Å². The van der Waals surface area contributed by atoms with Crippen molar-refractivity contribution in [2.75, 3.05) is 31.6 Å². The van der Waals surface area contributed by atoms with Crippen LogP contribution in [0.5, 0.6) is 0 Å². The van der Waals surface area contributed by atoms with Crippen molar-refractivity contribution >= 4 is 23.1 Å². The highest BCUT2D eigenvalue weighted by Crippen LogP contribution is 2.26. The third kappa shape index (κ3) is 3.51. The molecule has 6 nitrogen and oxygen atoms in total. The van der Waals surface area contributed by atoms with Crippen molar-refractivity contribution in [2.24, 2.45) is 0 Å². The van der Waals surface area contributed by atoms with Crippen LogP contribution in [0.2, 0.25) is 0 Å². The number of amides is 1. The summed E-state index contributed by atoms with van der Waals surface area (Å²) in [6, 6.07) is 3.71. The Balaban J connectivity index is 1.65. The Kier molecular flexibility index (Phi) is 4.32. The number of carbonyl (C=O) groups is 1. The molecular formula is C16H20N4O2S. The smallest absolute Gasteiger partial charge is 0.254 e. The Morgan fingerprint density at radius 3 is 3.04 bits per heavy atom. The second-order valence-corrected chi connectivity index (χ2v) is 6.87. The molecule has 1 amide bonds. The molecule has 0 radical (unpaired) electrons. The topological polar surface area (TPSA) is 69.6 Å². The number of hydrogen-bond acceptors (Lipinski definition) is 6. The highest BCUT2D eigenvalue weighted by Gasteiger charge is 2.38. The van der Waals surface area contributed by atoms with Gasteiger partial charge in [0.05, 0.1) is 12.1 Å². The van der Waals surface area contributed by atoms with E-state index < -0.39 is 5.60 Å². The summed E-state index contributed by atoms with van der Waals surface area (Å²) in [5.41, 5.74) is 0.650. The van der Waals surface area contributed by atoms with E-state index in [-0.39, 0.29) is 5.91 Å². The number of nitrogens with zero attached hydrogens (tertiary/aromatic N) is 4. The summed E-state index contributed by atoms with van der Waals surface area (Å²) in [5.74, 6) is 0.760. The Morgan fingerprint density at radius 1 is 1.52 bits per heavy atom. The largest absolute Gasteiger partial charge is 0.386 e. The van der Waals surface area contributed by atoms with E-state index in [1.54, 1.807) is 18.0 Å². The van der Waals surface area contributed by atoms with Gasteiger partial charge in [0, 0.05) is 37.3 Å². The van der Waals surface area contributed by atoms with Crippen LogP contribution >= 0.6 is 11.3 Å². The fourth-order valence-corrected chi connectivity index (χ4v) is 3.54. The summed E-state index contributed by atoms with van der Waals surface area (Å²) in [5, 5.41) is 14.5. The third-order valence-corrected chi connectivity index (χ3v) is 4.78. The molecule has 2 aromatic rings. The summed E-state index contributed by atoms with van der Waals surface area (Å²) >= 11 is 1.49. The Hall–Kier alpha value is -1.99. The quantitative estimate of drug-likeness (QED) is 0.920. The number of anilines is 1. The summed E-state index contributed by atoms with van der Waals surface area (Å²) in [6.45, 7) is 3.40. The Morgan fingerprint density at radius 2 is 2.35 bits per heavy atom. The maximum Gasteiger partial charge on any atom is 0.254 e. The molecule has 0 aliphatic carbocycles. The molecule has 0 saturated carbocycles. The maximum absolute atomic E-state index is 12.3. The van der Waals surface area contributed by atoms with Gasteiger partial charge in [-0.3, -0.25) is 4.79 Å². The zero-order valence-corrected chi connectivity index (χ0v) is 14.1. The number of likely N-dealkylation sites (N-methyl/N-ethyl adjacent to an activating group) is 1. The second-order valence-electron chi connectivity index (χ2n) is 6.09. The fourth-order valence-electron chi connectivity index (χ4n) is 2.91. The molecule has 1 saturated heterocycles. The van der Waals surface area contributed by atoms with Gasteiger partial charge >= 0.3 is 0 Å². The van der Waals surface area contributed by atoms with E-state index in [1.165, 1.54) is 17.7 Å². The molecule has 1 unspecified atom stereocenters. The number of aliphatic hydroxyl groups is 1. The van der Waals surface area contributed by atoms with Crippen LogP contribution in [0.4, 0.5) is 5.82 Å². The van der Waals surface area contributed by atoms with Gasteiger partial charge in [-0.25, -0.2) is 9.97 Å². The lowest BCUT2D eigenvalue weighted by molar-refractivity contribution is 0.0264. The molecule has 0 aromatic carbocycles. The average Bonchev–Trinajstić information content (AvgIpc) is 3.16. The van der Waals surface area contributed by atoms with Gasteiger partial charge in [-0.15, -0.1) is 0 Å². The number of β-amino-alcohol motifs (C(OH)–C–C–N with tert-alkyl or cyclic N) is 1. The molecule has 1 fully saturated rings. The summed E-state index contributed by atoms with van der Waals surface area (Å²) < 4.78 is 0. The van der Waals surface area contributed by atoms with Crippen LogP contribution in [0.3, 0.4) is 0 Å². The average molecular weight is 332 g/mol. The van der Waals surface area contributed by atoms with Crippen LogP contribution in [0, 0.1) is 6.92 Å². The van der Waals surface area contributed by atoms with Crippen molar-refractivity contribution in [1.29, 1.82) is 0 Å².